The number of halogens is 2. The second kappa shape index (κ2) is 4.98. The van der Waals surface area contributed by atoms with E-state index in [4.69, 9.17) is 27.9 Å². The number of carbonyl (C=O) groups is 2. The molecule has 0 heterocycles. The summed E-state index contributed by atoms with van der Waals surface area (Å²) in [6, 6.07) is 6.35. The van der Waals surface area contributed by atoms with E-state index in [1.807, 2.05) is 0 Å². The van der Waals surface area contributed by atoms with E-state index in [0.29, 0.717) is 0 Å². The van der Waals surface area contributed by atoms with Crippen LogP contribution in [0.15, 0.2) is 24.3 Å². The van der Waals surface area contributed by atoms with Crippen LogP contribution in [-0.4, -0.2) is 17.1 Å². The van der Waals surface area contributed by atoms with Crippen LogP contribution in [0.25, 0.3) is 0 Å². The first-order chi connectivity index (χ1) is 6.61. The van der Waals surface area contributed by atoms with E-state index >= 15 is 0 Å². The summed E-state index contributed by atoms with van der Waals surface area (Å²) < 4.78 is 4.97. The van der Waals surface area contributed by atoms with Gasteiger partial charge in [0.15, 0.2) is 6.61 Å². The molecule has 0 spiro atoms. The third-order valence-corrected chi connectivity index (χ3v) is 1.75. The Morgan fingerprint density at radius 2 is 1.86 bits per heavy atom. The smallest absolute Gasteiger partial charge is 0.259 e. The molecule has 3 nitrogen and oxygen atoms in total. The SMILES string of the molecule is O=C(Cl)COc1ccccc1C(=O)Cl. The molecule has 0 fully saturated rings. The summed E-state index contributed by atoms with van der Waals surface area (Å²) in [6.45, 7) is -0.289. The first-order valence-electron chi connectivity index (χ1n) is 3.71. The van der Waals surface area contributed by atoms with Gasteiger partial charge in [-0.25, -0.2) is 0 Å². The number of benzene rings is 1. The lowest BCUT2D eigenvalue weighted by molar-refractivity contribution is -0.113. The molecule has 74 valence electrons. The van der Waals surface area contributed by atoms with E-state index in [1.54, 1.807) is 12.1 Å². The van der Waals surface area contributed by atoms with Gasteiger partial charge in [0.05, 0.1) is 5.56 Å². The van der Waals surface area contributed by atoms with Gasteiger partial charge in [0.25, 0.3) is 10.5 Å². The summed E-state index contributed by atoms with van der Waals surface area (Å²) in [5.41, 5.74) is 0.215. The lowest BCUT2D eigenvalue weighted by Gasteiger charge is -2.05. The van der Waals surface area contributed by atoms with Gasteiger partial charge in [-0.2, -0.15) is 0 Å². The first kappa shape index (κ1) is 11.0. The summed E-state index contributed by atoms with van der Waals surface area (Å²) in [4.78, 5) is 21.3. The molecule has 0 saturated heterocycles. The Morgan fingerprint density at radius 1 is 1.21 bits per heavy atom. The zero-order valence-corrected chi connectivity index (χ0v) is 8.51. The Labute approximate surface area is 90.6 Å². The Kier molecular flexibility index (Phi) is 3.92. The Balaban J connectivity index is 2.84. The van der Waals surface area contributed by atoms with E-state index < -0.39 is 10.5 Å². The molecule has 0 saturated carbocycles. The van der Waals surface area contributed by atoms with Gasteiger partial charge in [0, 0.05) is 0 Å². The van der Waals surface area contributed by atoms with Crippen LogP contribution in [0.4, 0.5) is 0 Å². The minimum atomic E-state index is -0.637. The molecule has 0 bridgehead atoms. The molecule has 0 unspecified atom stereocenters. The zero-order chi connectivity index (χ0) is 10.6. The molecule has 0 atom stereocenters. The zero-order valence-electron chi connectivity index (χ0n) is 7.00. The Hall–Kier alpha value is -1.06. The van der Waals surface area contributed by atoms with Gasteiger partial charge in [-0.3, -0.25) is 9.59 Å². The molecule has 1 aromatic rings. The van der Waals surface area contributed by atoms with Crippen LogP contribution in [0.1, 0.15) is 10.4 Å². The summed E-state index contributed by atoms with van der Waals surface area (Å²) in [5, 5.41) is -1.27. The topological polar surface area (TPSA) is 43.4 Å². The lowest BCUT2D eigenvalue weighted by Crippen LogP contribution is -2.06. The van der Waals surface area contributed by atoms with Gasteiger partial charge in [-0.1, -0.05) is 12.1 Å². The highest BCUT2D eigenvalue weighted by Crippen LogP contribution is 2.19. The number of hydrogen-bond acceptors (Lipinski definition) is 3. The lowest BCUT2D eigenvalue weighted by atomic mass is 10.2. The molecule has 0 aromatic heterocycles. The van der Waals surface area contributed by atoms with E-state index in [-0.39, 0.29) is 17.9 Å². The van der Waals surface area contributed by atoms with Crippen LogP contribution in [0.3, 0.4) is 0 Å². The van der Waals surface area contributed by atoms with Crippen LogP contribution in [0, 0.1) is 0 Å². The van der Waals surface area contributed by atoms with Crippen LogP contribution >= 0.6 is 23.2 Å². The molecule has 14 heavy (non-hydrogen) atoms. The number of hydrogen-bond donors (Lipinski definition) is 0. The van der Waals surface area contributed by atoms with Crippen LogP contribution in [-0.2, 0) is 4.79 Å². The standard InChI is InChI=1S/C9H6Cl2O3/c10-8(12)5-14-7-4-2-1-3-6(7)9(11)13/h1-4H,5H2. The first-order valence-corrected chi connectivity index (χ1v) is 4.47. The molecule has 0 aliphatic carbocycles. The maximum Gasteiger partial charge on any atom is 0.259 e. The molecule has 5 heteroatoms. The molecule has 0 amide bonds. The van der Waals surface area contributed by atoms with Gasteiger partial charge in [0.2, 0.25) is 0 Å². The van der Waals surface area contributed by atoms with Crippen LogP contribution in [0.5, 0.6) is 5.75 Å². The molecule has 0 radical (unpaired) electrons. The van der Waals surface area contributed by atoms with Crippen molar-refractivity contribution in [2.24, 2.45) is 0 Å². The highest BCUT2D eigenvalue weighted by Gasteiger charge is 2.09. The summed E-state index contributed by atoms with van der Waals surface area (Å²) >= 11 is 10.4. The third kappa shape index (κ3) is 3.01. The molecular formula is C9H6Cl2O3. The van der Waals surface area contributed by atoms with Crippen molar-refractivity contribution in [3.05, 3.63) is 29.8 Å². The van der Waals surface area contributed by atoms with E-state index in [0.717, 1.165) is 0 Å². The van der Waals surface area contributed by atoms with Gasteiger partial charge in [0.1, 0.15) is 5.75 Å². The normalized spacial score (nSPS) is 9.57. The van der Waals surface area contributed by atoms with E-state index in [2.05, 4.69) is 0 Å². The van der Waals surface area contributed by atoms with Crippen molar-refractivity contribution in [1.29, 1.82) is 0 Å². The molecule has 0 aliphatic rings. The van der Waals surface area contributed by atoms with E-state index in [9.17, 15) is 9.59 Å². The Morgan fingerprint density at radius 3 is 2.43 bits per heavy atom. The number of rotatable bonds is 4. The van der Waals surface area contributed by atoms with Gasteiger partial charge >= 0.3 is 0 Å². The minimum Gasteiger partial charge on any atom is -0.484 e. The number of ether oxygens (including phenoxy) is 1. The van der Waals surface area contributed by atoms with Crippen LogP contribution in [0.2, 0.25) is 0 Å². The van der Waals surface area contributed by atoms with Crippen molar-refractivity contribution in [2.45, 2.75) is 0 Å². The average molecular weight is 233 g/mol. The number of carbonyl (C=O) groups excluding carboxylic acids is 2. The van der Waals surface area contributed by atoms with E-state index in [1.165, 1.54) is 12.1 Å². The Bertz CT molecular complexity index is 363. The highest BCUT2D eigenvalue weighted by molar-refractivity contribution is 6.68. The molecule has 1 aromatic carbocycles. The summed E-state index contributed by atoms with van der Waals surface area (Å²) in [6.07, 6.45) is 0. The predicted molar refractivity (Wildman–Crippen MR) is 53.0 cm³/mol. The molecular weight excluding hydrogens is 227 g/mol. The minimum absolute atomic E-state index is 0.215. The maximum absolute atomic E-state index is 10.9. The summed E-state index contributed by atoms with van der Waals surface area (Å²) in [5.74, 6) is 0.251. The fraction of sp³-hybridized carbons (Fsp3) is 0.111. The molecule has 0 aliphatic heterocycles. The average Bonchev–Trinajstić information content (AvgIpc) is 2.15. The van der Waals surface area contributed by atoms with Gasteiger partial charge < -0.3 is 4.74 Å². The quantitative estimate of drug-likeness (QED) is 0.748. The second-order valence-corrected chi connectivity index (χ2v) is 3.18. The molecule has 1 rings (SSSR count). The fourth-order valence-electron chi connectivity index (χ4n) is 0.889. The predicted octanol–water partition coefficient (Wildman–Crippen LogP) is 2.21. The van der Waals surface area contributed by atoms with Crippen molar-refractivity contribution < 1.29 is 14.3 Å². The second-order valence-electron chi connectivity index (χ2n) is 2.41. The van der Waals surface area contributed by atoms with Crippen molar-refractivity contribution >= 4 is 33.7 Å². The van der Waals surface area contributed by atoms with Gasteiger partial charge in [-0.05, 0) is 35.3 Å². The molecule has 0 N–H and O–H groups in total. The highest BCUT2D eigenvalue weighted by atomic mass is 35.5. The van der Waals surface area contributed by atoms with Crippen LogP contribution < -0.4 is 4.74 Å². The monoisotopic (exact) mass is 232 g/mol. The van der Waals surface area contributed by atoms with Gasteiger partial charge in [-0.15, -0.1) is 0 Å². The third-order valence-electron chi connectivity index (χ3n) is 1.44. The fourth-order valence-corrected chi connectivity index (χ4v) is 1.10. The maximum atomic E-state index is 10.9. The number of para-hydroxylation sites is 1. The van der Waals surface area contributed by atoms with Crippen molar-refractivity contribution in [1.82, 2.24) is 0 Å². The van der Waals surface area contributed by atoms with Crippen molar-refractivity contribution in [3.8, 4) is 5.75 Å². The van der Waals surface area contributed by atoms with Crippen molar-refractivity contribution in [3.63, 3.8) is 0 Å². The summed E-state index contributed by atoms with van der Waals surface area (Å²) in [7, 11) is 0. The van der Waals surface area contributed by atoms with Crippen molar-refractivity contribution in [2.75, 3.05) is 6.61 Å². The largest absolute Gasteiger partial charge is 0.484 e.